The molecule has 0 bridgehead atoms. The molecule has 1 aliphatic carbocycles. The van der Waals surface area contributed by atoms with Gasteiger partial charge in [0.2, 0.25) is 0 Å². The Morgan fingerprint density at radius 1 is 0.833 bits per heavy atom. The van der Waals surface area contributed by atoms with Gasteiger partial charge in [0.05, 0.1) is 5.56 Å². The smallest absolute Gasteiger partial charge is 0.339 e. The second kappa shape index (κ2) is 6.00. The van der Waals surface area contributed by atoms with Gasteiger partial charge < -0.3 is 9.47 Å². The molecule has 0 fully saturated rings. The van der Waals surface area contributed by atoms with Crippen LogP contribution >= 0.6 is 0 Å². The van der Waals surface area contributed by atoms with Crippen LogP contribution in [0.15, 0.2) is 91.0 Å². The van der Waals surface area contributed by atoms with Crippen LogP contribution in [-0.4, -0.2) is 16.7 Å². The summed E-state index contributed by atoms with van der Waals surface area (Å²) < 4.78 is 12.2. The van der Waals surface area contributed by atoms with Crippen molar-refractivity contribution < 1.29 is 19.1 Å². The van der Waals surface area contributed by atoms with E-state index in [-0.39, 0.29) is 5.78 Å². The fraction of sp³-hybridized carbons (Fsp3) is 0.0800. The first-order valence-electron chi connectivity index (χ1n) is 9.67. The Hall–Kier alpha value is -3.99. The Kier molecular flexibility index (Phi) is 3.39. The summed E-state index contributed by atoms with van der Waals surface area (Å²) >= 11 is 0. The molecule has 3 aliphatic rings. The van der Waals surface area contributed by atoms with Gasteiger partial charge in [0, 0.05) is 29.1 Å². The number of aromatic nitrogens is 1. The molecule has 1 spiro atoms. The summed E-state index contributed by atoms with van der Waals surface area (Å²) in [6.07, 6.45) is 6.86. The third kappa shape index (κ3) is 2.09. The van der Waals surface area contributed by atoms with Crippen LogP contribution in [0.1, 0.15) is 27.0 Å². The number of carbonyl (C=O) groups excluding carboxylic acids is 2. The highest BCUT2D eigenvalue weighted by Gasteiger charge is 2.61. The molecule has 0 amide bonds. The third-order valence-corrected chi connectivity index (χ3v) is 5.94. The fourth-order valence-corrected chi connectivity index (χ4v) is 4.68. The number of rotatable bonds is 1. The van der Waals surface area contributed by atoms with Crippen molar-refractivity contribution >= 4 is 17.3 Å². The fourth-order valence-electron chi connectivity index (χ4n) is 4.68. The number of Topliss-reactive ketones (excluding diaryl/α,β-unsaturated/α-hetero) is 1. The molecule has 5 nitrogen and oxygen atoms in total. The van der Waals surface area contributed by atoms with E-state index in [1.54, 1.807) is 48.8 Å². The van der Waals surface area contributed by atoms with E-state index in [0.717, 1.165) is 5.56 Å². The second-order valence-corrected chi connectivity index (χ2v) is 7.45. The average Bonchev–Trinajstić information content (AvgIpc) is 3.08. The average molecular weight is 393 g/mol. The van der Waals surface area contributed by atoms with Crippen LogP contribution in [0.5, 0.6) is 5.75 Å². The Labute approximate surface area is 172 Å². The summed E-state index contributed by atoms with van der Waals surface area (Å²) in [7, 11) is 0. The van der Waals surface area contributed by atoms with E-state index in [1.165, 1.54) is 0 Å². The summed E-state index contributed by atoms with van der Waals surface area (Å²) in [6.45, 7) is 0. The minimum Gasteiger partial charge on any atom is -0.460 e. The number of benzene rings is 2. The Morgan fingerprint density at radius 3 is 2.40 bits per heavy atom. The molecule has 0 saturated heterocycles. The Bertz CT molecular complexity index is 1290. The Morgan fingerprint density at radius 2 is 1.57 bits per heavy atom. The molecule has 144 valence electrons. The van der Waals surface area contributed by atoms with E-state index >= 15 is 0 Å². The van der Waals surface area contributed by atoms with Crippen molar-refractivity contribution in [2.45, 2.75) is 5.60 Å². The number of ketones is 1. The van der Waals surface area contributed by atoms with Crippen molar-refractivity contribution in [1.29, 1.82) is 0 Å². The molecule has 2 atom stereocenters. The number of fused-ring (bicyclic) bond motifs is 6. The van der Waals surface area contributed by atoms with Crippen LogP contribution in [0.3, 0.4) is 0 Å². The zero-order valence-electron chi connectivity index (χ0n) is 15.7. The SMILES string of the molecule is O=C1OC2(c3ccccc3OC3=CC=C(c4ccncc4)C(=O)C32)c2ccccc21. The van der Waals surface area contributed by atoms with Crippen molar-refractivity contribution in [3.05, 3.63) is 113 Å². The summed E-state index contributed by atoms with van der Waals surface area (Å²) in [6, 6.07) is 18.2. The van der Waals surface area contributed by atoms with E-state index in [1.807, 2.05) is 36.4 Å². The topological polar surface area (TPSA) is 65.5 Å². The lowest BCUT2D eigenvalue weighted by atomic mass is 9.68. The largest absolute Gasteiger partial charge is 0.460 e. The van der Waals surface area contributed by atoms with Crippen LogP contribution < -0.4 is 4.74 Å². The van der Waals surface area contributed by atoms with Crippen LogP contribution in [0.2, 0.25) is 0 Å². The molecule has 2 aliphatic heterocycles. The zero-order valence-corrected chi connectivity index (χ0v) is 15.7. The van der Waals surface area contributed by atoms with Gasteiger partial charge in [0.1, 0.15) is 17.4 Å². The maximum atomic E-state index is 13.8. The van der Waals surface area contributed by atoms with Gasteiger partial charge in [-0.3, -0.25) is 9.78 Å². The normalized spacial score (nSPS) is 23.5. The van der Waals surface area contributed by atoms with Gasteiger partial charge in [-0.2, -0.15) is 0 Å². The van der Waals surface area contributed by atoms with Crippen molar-refractivity contribution in [1.82, 2.24) is 4.98 Å². The van der Waals surface area contributed by atoms with Gasteiger partial charge in [-0.25, -0.2) is 4.79 Å². The van der Waals surface area contributed by atoms with E-state index in [0.29, 0.717) is 33.8 Å². The highest BCUT2D eigenvalue weighted by molar-refractivity contribution is 6.24. The maximum absolute atomic E-state index is 13.8. The van der Waals surface area contributed by atoms with Gasteiger partial charge in [-0.15, -0.1) is 0 Å². The van der Waals surface area contributed by atoms with Gasteiger partial charge in [-0.1, -0.05) is 36.4 Å². The third-order valence-electron chi connectivity index (χ3n) is 5.94. The van der Waals surface area contributed by atoms with Crippen LogP contribution in [-0.2, 0) is 15.1 Å². The van der Waals surface area contributed by atoms with E-state index < -0.39 is 17.5 Å². The van der Waals surface area contributed by atoms with Crippen LogP contribution in [0, 0.1) is 5.92 Å². The van der Waals surface area contributed by atoms with E-state index in [9.17, 15) is 9.59 Å². The molecule has 2 aromatic carbocycles. The summed E-state index contributed by atoms with van der Waals surface area (Å²) in [5, 5.41) is 0. The van der Waals surface area contributed by atoms with Crippen molar-refractivity contribution in [2.24, 2.45) is 5.92 Å². The molecular formula is C25H15NO4. The molecule has 6 rings (SSSR count). The number of nitrogens with zero attached hydrogens (tertiary/aromatic N) is 1. The molecular weight excluding hydrogens is 378 g/mol. The predicted molar refractivity (Wildman–Crippen MR) is 109 cm³/mol. The standard InChI is InChI=1S/C25H15NO4/c27-23-16(15-11-13-26-14-12-15)9-10-21-22(23)25(19-7-3-4-8-20(19)29-21)18-6-2-1-5-17(18)24(28)30-25/h1-14,22H. The number of hydrogen-bond acceptors (Lipinski definition) is 5. The number of allylic oxidation sites excluding steroid dienone is 3. The molecule has 2 unspecified atom stereocenters. The number of para-hydroxylation sites is 1. The number of carbonyl (C=O) groups is 2. The lowest BCUT2D eigenvalue weighted by molar-refractivity contribution is -0.124. The molecule has 0 saturated carbocycles. The number of pyridine rings is 1. The van der Waals surface area contributed by atoms with Crippen molar-refractivity contribution in [2.75, 3.05) is 0 Å². The summed E-state index contributed by atoms with van der Waals surface area (Å²) in [5.41, 5.74) is 1.87. The molecule has 3 heterocycles. The first-order chi connectivity index (χ1) is 14.7. The van der Waals surface area contributed by atoms with Gasteiger partial charge in [-0.05, 0) is 42.0 Å². The summed E-state index contributed by atoms with van der Waals surface area (Å²) in [4.78, 5) is 30.8. The highest BCUT2D eigenvalue weighted by atomic mass is 16.6. The minimum atomic E-state index is -1.27. The monoisotopic (exact) mass is 393 g/mol. The van der Waals surface area contributed by atoms with Crippen molar-refractivity contribution in [3.8, 4) is 5.75 Å². The van der Waals surface area contributed by atoms with Gasteiger partial charge in [0.25, 0.3) is 0 Å². The molecule has 0 radical (unpaired) electrons. The molecule has 30 heavy (non-hydrogen) atoms. The maximum Gasteiger partial charge on any atom is 0.339 e. The Balaban J connectivity index is 1.63. The molecule has 1 aromatic heterocycles. The van der Waals surface area contributed by atoms with Crippen LogP contribution in [0.4, 0.5) is 0 Å². The lowest BCUT2D eigenvalue weighted by Crippen LogP contribution is -2.47. The quantitative estimate of drug-likeness (QED) is 0.584. The lowest BCUT2D eigenvalue weighted by Gasteiger charge is -2.43. The van der Waals surface area contributed by atoms with Gasteiger partial charge in [0.15, 0.2) is 11.4 Å². The number of ether oxygens (including phenoxy) is 2. The van der Waals surface area contributed by atoms with Crippen molar-refractivity contribution in [3.63, 3.8) is 0 Å². The predicted octanol–water partition coefficient (Wildman–Crippen LogP) is 4.05. The first-order valence-corrected chi connectivity index (χ1v) is 9.67. The molecule has 0 N–H and O–H groups in total. The van der Waals surface area contributed by atoms with E-state index in [2.05, 4.69) is 4.98 Å². The first kappa shape index (κ1) is 16.9. The second-order valence-electron chi connectivity index (χ2n) is 7.45. The van der Waals surface area contributed by atoms with E-state index in [4.69, 9.17) is 9.47 Å². The van der Waals surface area contributed by atoms with Gasteiger partial charge >= 0.3 is 5.97 Å². The summed E-state index contributed by atoms with van der Waals surface area (Å²) in [5.74, 6) is -0.348. The number of hydrogen-bond donors (Lipinski definition) is 0. The number of esters is 1. The molecule has 5 heteroatoms. The highest BCUT2D eigenvalue weighted by Crippen LogP contribution is 2.57. The zero-order chi connectivity index (χ0) is 20.3. The molecule has 3 aromatic rings. The minimum absolute atomic E-state index is 0.155. The van der Waals surface area contributed by atoms with Crippen LogP contribution in [0.25, 0.3) is 5.57 Å².